The van der Waals surface area contributed by atoms with Crippen molar-refractivity contribution in [2.75, 3.05) is 17.2 Å². The van der Waals surface area contributed by atoms with Gasteiger partial charge in [-0.15, -0.1) is 0 Å². The molecular weight excluding hydrogens is 316 g/mol. The van der Waals surface area contributed by atoms with Crippen LogP contribution in [-0.2, 0) is 0 Å². The van der Waals surface area contributed by atoms with E-state index < -0.39 is 11.7 Å². The number of carbonyl (C=O) groups excluding carboxylic acids is 1. The molecule has 0 saturated carbocycles. The van der Waals surface area contributed by atoms with Crippen LogP contribution in [0.3, 0.4) is 0 Å². The number of rotatable bonds is 4. The number of carbonyl (C=O) groups is 1. The molecule has 0 saturated heterocycles. The summed E-state index contributed by atoms with van der Waals surface area (Å²) in [6, 6.07) is 6.92. The summed E-state index contributed by atoms with van der Waals surface area (Å²) in [6.07, 6.45) is 0. The van der Waals surface area contributed by atoms with Crippen LogP contribution in [0.5, 0.6) is 0 Å². The first-order chi connectivity index (χ1) is 10.0. The summed E-state index contributed by atoms with van der Waals surface area (Å²) in [6.45, 7) is 2.56. The molecule has 1 heterocycles. The first kappa shape index (κ1) is 15.5. The lowest BCUT2D eigenvalue weighted by atomic mass is 10.2. The summed E-state index contributed by atoms with van der Waals surface area (Å²) in [5.41, 5.74) is 0.198. The topological polar surface area (TPSA) is 54.0 Å². The average Bonchev–Trinajstić information content (AvgIpc) is 2.45. The molecular formula is C14H12Cl2FN3O. The van der Waals surface area contributed by atoms with Gasteiger partial charge in [0.15, 0.2) is 0 Å². The fourth-order valence-electron chi connectivity index (χ4n) is 1.66. The van der Waals surface area contributed by atoms with Crippen LogP contribution in [0.1, 0.15) is 17.4 Å². The number of pyridine rings is 1. The van der Waals surface area contributed by atoms with E-state index in [1.807, 2.05) is 6.92 Å². The number of halogens is 3. The maximum absolute atomic E-state index is 13.2. The van der Waals surface area contributed by atoms with Gasteiger partial charge in [-0.2, -0.15) is 0 Å². The fourth-order valence-corrected chi connectivity index (χ4v) is 2.01. The molecule has 2 N–H and O–H groups in total. The van der Waals surface area contributed by atoms with E-state index in [2.05, 4.69) is 15.6 Å². The summed E-state index contributed by atoms with van der Waals surface area (Å²) in [5.74, 6) is -0.542. The summed E-state index contributed by atoms with van der Waals surface area (Å²) in [4.78, 5) is 16.3. The maximum atomic E-state index is 13.2. The first-order valence-corrected chi connectivity index (χ1v) is 6.93. The Labute approximate surface area is 131 Å². The Bertz CT molecular complexity index is 679. The molecule has 0 fully saturated rings. The number of hydrogen-bond donors (Lipinski definition) is 2. The summed E-state index contributed by atoms with van der Waals surface area (Å²) >= 11 is 11.9. The van der Waals surface area contributed by atoms with Crippen molar-refractivity contribution in [2.45, 2.75) is 6.92 Å². The van der Waals surface area contributed by atoms with Gasteiger partial charge >= 0.3 is 0 Å². The van der Waals surface area contributed by atoms with Crippen LogP contribution in [0.4, 0.5) is 15.9 Å². The van der Waals surface area contributed by atoms with E-state index in [4.69, 9.17) is 23.2 Å². The van der Waals surface area contributed by atoms with Crippen molar-refractivity contribution in [1.29, 1.82) is 0 Å². The van der Waals surface area contributed by atoms with Gasteiger partial charge in [-0.3, -0.25) is 4.79 Å². The highest BCUT2D eigenvalue weighted by Crippen LogP contribution is 2.24. The molecule has 0 aliphatic carbocycles. The molecule has 1 amide bonds. The molecule has 0 aliphatic heterocycles. The standard InChI is InChI=1S/C14H12Cl2FN3O/c1-2-18-12-6-5-10(16)13(20-12)14(21)19-11-7-8(17)3-4-9(11)15/h3-7H,2H2,1H3,(H,18,20)(H,19,21). The van der Waals surface area contributed by atoms with Crippen molar-refractivity contribution < 1.29 is 9.18 Å². The number of nitrogens with zero attached hydrogens (tertiary/aromatic N) is 1. The van der Waals surface area contributed by atoms with E-state index in [1.54, 1.807) is 12.1 Å². The van der Waals surface area contributed by atoms with Gasteiger partial charge in [0.1, 0.15) is 17.3 Å². The number of anilines is 2. The number of nitrogens with one attached hydrogen (secondary N) is 2. The van der Waals surface area contributed by atoms with Crippen LogP contribution in [-0.4, -0.2) is 17.4 Å². The third-order valence-electron chi connectivity index (χ3n) is 2.60. The van der Waals surface area contributed by atoms with Crippen molar-refractivity contribution in [3.63, 3.8) is 0 Å². The zero-order chi connectivity index (χ0) is 15.4. The van der Waals surface area contributed by atoms with Crippen LogP contribution in [0.25, 0.3) is 0 Å². The van der Waals surface area contributed by atoms with Crippen LogP contribution < -0.4 is 10.6 Å². The molecule has 21 heavy (non-hydrogen) atoms. The lowest BCUT2D eigenvalue weighted by molar-refractivity contribution is 0.102. The molecule has 0 atom stereocenters. The molecule has 110 valence electrons. The van der Waals surface area contributed by atoms with Crippen molar-refractivity contribution in [1.82, 2.24) is 4.98 Å². The zero-order valence-corrected chi connectivity index (χ0v) is 12.6. The van der Waals surface area contributed by atoms with E-state index in [1.165, 1.54) is 12.1 Å². The smallest absolute Gasteiger partial charge is 0.275 e. The SMILES string of the molecule is CCNc1ccc(Cl)c(C(=O)Nc2cc(F)ccc2Cl)n1. The Morgan fingerprint density at radius 3 is 2.67 bits per heavy atom. The lowest BCUT2D eigenvalue weighted by Gasteiger charge is -2.09. The quantitative estimate of drug-likeness (QED) is 0.884. The number of amides is 1. The minimum atomic E-state index is -0.563. The lowest BCUT2D eigenvalue weighted by Crippen LogP contribution is -2.16. The second-order valence-corrected chi connectivity index (χ2v) is 4.95. The Kier molecular flexibility index (Phi) is 4.98. The van der Waals surface area contributed by atoms with Crippen molar-refractivity contribution in [3.05, 3.63) is 51.9 Å². The average molecular weight is 328 g/mol. The number of benzene rings is 1. The normalized spacial score (nSPS) is 10.3. The zero-order valence-electron chi connectivity index (χ0n) is 11.1. The van der Waals surface area contributed by atoms with Gasteiger partial charge in [-0.1, -0.05) is 23.2 Å². The molecule has 1 aromatic carbocycles. The van der Waals surface area contributed by atoms with Gasteiger partial charge in [-0.25, -0.2) is 9.37 Å². The highest BCUT2D eigenvalue weighted by Gasteiger charge is 2.15. The molecule has 2 rings (SSSR count). The maximum Gasteiger partial charge on any atom is 0.275 e. The van der Waals surface area contributed by atoms with Gasteiger partial charge in [0.2, 0.25) is 0 Å². The third kappa shape index (κ3) is 3.83. The Morgan fingerprint density at radius 2 is 1.95 bits per heavy atom. The summed E-state index contributed by atoms with van der Waals surface area (Å²) in [7, 11) is 0. The minimum Gasteiger partial charge on any atom is -0.370 e. The molecule has 0 spiro atoms. The van der Waals surface area contributed by atoms with Gasteiger partial charge in [0.05, 0.1) is 15.7 Å². The molecule has 2 aromatic rings. The predicted octanol–water partition coefficient (Wildman–Crippen LogP) is 4.21. The molecule has 0 aliphatic rings. The van der Waals surface area contributed by atoms with Crippen LogP contribution in [0, 0.1) is 5.82 Å². The molecule has 1 aromatic heterocycles. The number of aromatic nitrogens is 1. The van der Waals surface area contributed by atoms with E-state index >= 15 is 0 Å². The van der Waals surface area contributed by atoms with E-state index in [0.29, 0.717) is 12.4 Å². The summed E-state index contributed by atoms with van der Waals surface area (Å²) < 4.78 is 13.2. The van der Waals surface area contributed by atoms with Gasteiger partial charge in [-0.05, 0) is 37.3 Å². The predicted molar refractivity (Wildman–Crippen MR) is 82.8 cm³/mol. The largest absolute Gasteiger partial charge is 0.370 e. The molecule has 4 nitrogen and oxygen atoms in total. The highest BCUT2D eigenvalue weighted by molar-refractivity contribution is 6.35. The van der Waals surface area contributed by atoms with E-state index in [9.17, 15) is 9.18 Å². The van der Waals surface area contributed by atoms with Crippen molar-refractivity contribution in [3.8, 4) is 0 Å². The third-order valence-corrected chi connectivity index (χ3v) is 3.23. The monoisotopic (exact) mass is 327 g/mol. The van der Waals surface area contributed by atoms with Crippen molar-refractivity contribution >= 4 is 40.6 Å². The van der Waals surface area contributed by atoms with Gasteiger partial charge in [0.25, 0.3) is 5.91 Å². The Morgan fingerprint density at radius 1 is 1.24 bits per heavy atom. The van der Waals surface area contributed by atoms with E-state index in [-0.39, 0.29) is 21.4 Å². The number of hydrogen-bond acceptors (Lipinski definition) is 3. The molecule has 7 heteroatoms. The van der Waals surface area contributed by atoms with Crippen molar-refractivity contribution in [2.24, 2.45) is 0 Å². The fraction of sp³-hybridized carbons (Fsp3) is 0.143. The Balaban J connectivity index is 2.27. The van der Waals surface area contributed by atoms with Gasteiger partial charge in [0, 0.05) is 6.54 Å². The Hall–Kier alpha value is -1.85. The second-order valence-electron chi connectivity index (χ2n) is 4.14. The minimum absolute atomic E-state index is 0.0374. The van der Waals surface area contributed by atoms with E-state index in [0.717, 1.165) is 6.07 Å². The second kappa shape index (κ2) is 6.74. The molecule has 0 radical (unpaired) electrons. The van der Waals surface area contributed by atoms with Crippen LogP contribution in [0.2, 0.25) is 10.0 Å². The molecule has 0 unspecified atom stereocenters. The van der Waals surface area contributed by atoms with Gasteiger partial charge < -0.3 is 10.6 Å². The molecule has 0 bridgehead atoms. The van der Waals surface area contributed by atoms with Crippen LogP contribution in [0.15, 0.2) is 30.3 Å². The van der Waals surface area contributed by atoms with Crippen LogP contribution >= 0.6 is 23.2 Å². The highest BCUT2D eigenvalue weighted by atomic mass is 35.5. The summed E-state index contributed by atoms with van der Waals surface area (Å²) in [5, 5.41) is 5.89. The first-order valence-electron chi connectivity index (χ1n) is 6.18.